The van der Waals surface area contributed by atoms with E-state index in [0.29, 0.717) is 0 Å². The van der Waals surface area contributed by atoms with Gasteiger partial charge in [0.05, 0.1) is 11.4 Å². The highest BCUT2D eigenvalue weighted by Gasteiger charge is 2.42. The lowest BCUT2D eigenvalue weighted by molar-refractivity contribution is 0.620. The molecule has 0 bridgehead atoms. The Morgan fingerprint density at radius 2 is 1.00 bits per heavy atom. The molecule has 0 unspecified atom stereocenters. The third-order valence-corrected chi connectivity index (χ3v) is 12.3. The van der Waals surface area contributed by atoms with E-state index in [1.54, 1.807) is 0 Å². The lowest BCUT2D eigenvalue weighted by Gasteiger charge is -2.43. The molecule has 0 atom stereocenters. The molecule has 0 saturated heterocycles. The fourth-order valence-electron chi connectivity index (χ4n) is 9.48. The Morgan fingerprint density at radius 1 is 0.407 bits per heavy atom. The second-order valence-corrected chi connectivity index (χ2v) is 16.5. The van der Waals surface area contributed by atoms with Crippen LogP contribution in [0.1, 0.15) is 61.1 Å². The Bertz CT molecular complexity index is 2780. The number of para-hydroxylation sites is 1. The van der Waals surface area contributed by atoms with E-state index in [9.17, 15) is 0 Å². The van der Waals surface area contributed by atoms with Gasteiger partial charge >= 0.3 is 0 Å². The average molecular weight is 697 g/mol. The molecule has 2 aliphatic rings. The molecular formula is C52H44N2. The number of rotatable bonds is 4. The maximum absolute atomic E-state index is 2.52. The van der Waals surface area contributed by atoms with E-state index < -0.39 is 0 Å². The van der Waals surface area contributed by atoms with Gasteiger partial charge in [-0.1, -0.05) is 125 Å². The van der Waals surface area contributed by atoms with Gasteiger partial charge in [-0.05, 0) is 141 Å². The minimum atomic E-state index is -0.155. The Hall–Kier alpha value is -6.12. The van der Waals surface area contributed by atoms with Gasteiger partial charge in [-0.2, -0.15) is 0 Å². The number of nitrogens with zero attached hydrogens (tertiary/aromatic N) is 2. The van der Waals surface area contributed by atoms with E-state index >= 15 is 0 Å². The third-order valence-electron chi connectivity index (χ3n) is 12.3. The Labute approximate surface area is 319 Å². The van der Waals surface area contributed by atoms with Crippen molar-refractivity contribution >= 4 is 55.7 Å². The Morgan fingerprint density at radius 3 is 1.70 bits per heavy atom. The monoisotopic (exact) mass is 696 g/mol. The van der Waals surface area contributed by atoms with E-state index in [-0.39, 0.29) is 10.8 Å². The standard InChI is InChI=1S/C52H44N2/c1-33-13-11-15-37(27-33)53(38-16-12-14-34(2)28-38)39-23-25-41-35(29-39)21-22-36-30-40(24-26-42(36)41)54-49-20-10-9-19-46(49)52(5,6)48-32-47-44(31-50(48)54)43-17-7-8-18-45(43)51(47,3)4/h7-32H,1-6H3. The van der Waals surface area contributed by atoms with Gasteiger partial charge in [-0.15, -0.1) is 0 Å². The molecule has 1 aliphatic heterocycles. The summed E-state index contributed by atoms with van der Waals surface area (Å²) in [6, 6.07) is 59.1. The van der Waals surface area contributed by atoms with E-state index in [1.807, 2.05) is 0 Å². The zero-order valence-corrected chi connectivity index (χ0v) is 31.9. The van der Waals surface area contributed by atoms with Crippen molar-refractivity contribution in [3.63, 3.8) is 0 Å². The summed E-state index contributed by atoms with van der Waals surface area (Å²) < 4.78 is 0. The molecule has 0 spiro atoms. The minimum Gasteiger partial charge on any atom is -0.310 e. The van der Waals surface area contributed by atoms with Crippen molar-refractivity contribution in [1.82, 2.24) is 0 Å². The van der Waals surface area contributed by atoms with Gasteiger partial charge in [-0.25, -0.2) is 0 Å². The van der Waals surface area contributed by atoms with Gasteiger partial charge < -0.3 is 9.80 Å². The van der Waals surface area contributed by atoms with Crippen LogP contribution in [0.3, 0.4) is 0 Å². The van der Waals surface area contributed by atoms with Gasteiger partial charge in [0, 0.05) is 33.6 Å². The molecule has 2 heteroatoms. The van der Waals surface area contributed by atoms with Crippen molar-refractivity contribution in [3.8, 4) is 11.1 Å². The maximum atomic E-state index is 2.52. The second-order valence-electron chi connectivity index (χ2n) is 16.5. The zero-order valence-electron chi connectivity index (χ0n) is 31.9. The summed E-state index contributed by atoms with van der Waals surface area (Å²) >= 11 is 0. The normalized spacial score (nSPS) is 14.7. The first-order chi connectivity index (χ1) is 26.1. The summed E-state index contributed by atoms with van der Waals surface area (Å²) in [6.45, 7) is 13.9. The molecule has 262 valence electrons. The molecule has 1 heterocycles. The summed E-state index contributed by atoms with van der Waals surface area (Å²) in [5.74, 6) is 0. The number of fused-ring (bicyclic) bond motifs is 8. The molecular weight excluding hydrogens is 653 g/mol. The number of benzene rings is 8. The summed E-state index contributed by atoms with van der Waals surface area (Å²) in [6.07, 6.45) is 0. The SMILES string of the molecule is Cc1cccc(N(c2cccc(C)c2)c2ccc3c(ccc4cc(N5c6ccccc6C(C)(C)c6cc7c(cc65)-c5ccccc5C7(C)C)ccc43)c2)c1. The molecule has 0 amide bonds. The molecule has 8 aromatic carbocycles. The van der Waals surface area contributed by atoms with Crippen LogP contribution < -0.4 is 9.80 Å². The van der Waals surface area contributed by atoms with Crippen LogP contribution in [-0.4, -0.2) is 0 Å². The van der Waals surface area contributed by atoms with Crippen molar-refractivity contribution in [2.45, 2.75) is 52.4 Å². The van der Waals surface area contributed by atoms with Gasteiger partial charge in [0.25, 0.3) is 0 Å². The first kappa shape index (κ1) is 32.5. The molecule has 54 heavy (non-hydrogen) atoms. The molecule has 0 radical (unpaired) electrons. The lowest BCUT2D eigenvalue weighted by atomic mass is 9.71. The Kier molecular flexibility index (Phi) is 7.04. The minimum absolute atomic E-state index is 0.0557. The first-order valence-electron chi connectivity index (χ1n) is 19.2. The number of hydrogen-bond donors (Lipinski definition) is 0. The highest BCUT2D eigenvalue weighted by Crippen LogP contribution is 2.57. The van der Waals surface area contributed by atoms with E-state index in [0.717, 1.165) is 17.1 Å². The average Bonchev–Trinajstić information content (AvgIpc) is 3.39. The van der Waals surface area contributed by atoms with Crippen molar-refractivity contribution < 1.29 is 0 Å². The van der Waals surface area contributed by atoms with Crippen LogP contribution in [0.15, 0.2) is 158 Å². The summed E-state index contributed by atoms with van der Waals surface area (Å²) in [7, 11) is 0. The number of anilines is 6. The van der Waals surface area contributed by atoms with Crippen LogP contribution in [0.25, 0.3) is 32.7 Å². The molecule has 0 fully saturated rings. The summed E-state index contributed by atoms with van der Waals surface area (Å²) in [4.78, 5) is 4.88. The van der Waals surface area contributed by atoms with Gasteiger partial charge in [0.15, 0.2) is 0 Å². The zero-order chi connectivity index (χ0) is 36.9. The summed E-state index contributed by atoms with van der Waals surface area (Å²) in [5.41, 5.74) is 17.7. The van der Waals surface area contributed by atoms with Crippen molar-refractivity contribution in [2.75, 3.05) is 9.80 Å². The van der Waals surface area contributed by atoms with E-state index in [2.05, 4.69) is 209 Å². The Balaban J connectivity index is 1.12. The molecule has 10 rings (SSSR count). The topological polar surface area (TPSA) is 6.48 Å². The highest BCUT2D eigenvalue weighted by atomic mass is 15.2. The first-order valence-corrected chi connectivity index (χ1v) is 19.2. The van der Waals surface area contributed by atoms with Crippen molar-refractivity contribution in [2.24, 2.45) is 0 Å². The van der Waals surface area contributed by atoms with Gasteiger partial charge in [-0.3, -0.25) is 0 Å². The maximum Gasteiger partial charge on any atom is 0.0509 e. The molecule has 0 N–H and O–H groups in total. The van der Waals surface area contributed by atoms with Crippen LogP contribution in [0.5, 0.6) is 0 Å². The van der Waals surface area contributed by atoms with E-state index in [4.69, 9.17) is 0 Å². The predicted octanol–water partition coefficient (Wildman–Crippen LogP) is 14.5. The molecule has 2 nitrogen and oxygen atoms in total. The van der Waals surface area contributed by atoms with Crippen LogP contribution >= 0.6 is 0 Å². The van der Waals surface area contributed by atoms with Crippen LogP contribution in [-0.2, 0) is 10.8 Å². The largest absolute Gasteiger partial charge is 0.310 e. The van der Waals surface area contributed by atoms with Crippen LogP contribution in [0.2, 0.25) is 0 Å². The van der Waals surface area contributed by atoms with Crippen LogP contribution in [0.4, 0.5) is 34.1 Å². The predicted molar refractivity (Wildman–Crippen MR) is 230 cm³/mol. The fourth-order valence-corrected chi connectivity index (χ4v) is 9.48. The fraction of sp³-hybridized carbons (Fsp3) is 0.154. The summed E-state index contributed by atoms with van der Waals surface area (Å²) in [5, 5.41) is 4.98. The highest BCUT2D eigenvalue weighted by molar-refractivity contribution is 6.10. The second kappa shape index (κ2) is 11.7. The number of aryl methyl sites for hydroxylation is 2. The van der Waals surface area contributed by atoms with Crippen LogP contribution in [0, 0.1) is 13.8 Å². The van der Waals surface area contributed by atoms with Crippen molar-refractivity contribution in [1.29, 1.82) is 0 Å². The van der Waals surface area contributed by atoms with Gasteiger partial charge in [0.2, 0.25) is 0 Å². The molecule has 1 aliphatic carbocycles. The van der Waals surface area contributed by atoms with Gasteiger partial charge in [0.1, 0.15) is 0 Å². The quantitative estimate of drug-likeness (QED) is 0.169. The number of hydrogen-bond acceptors (Lipinski definition) is 2. The molecule has 0 aromatic heterocycles. The smallest absolute Gasteiger partial charge is 0.0509 e. The molecule has 0 saturated carbocycles. The lowest BCUT2D eigenvalue weighted by Crippen LogP contribution is -2.31. The molecule has 8 aromatic rings. The third kappa shape index (κ3) is 4.79. The van der Waals surface area contributed by atoms with Crippen molar-refractivity contribution in [3.05, 3.63) is 191 Å². The van der Waals surface area contributed by atoms with E-state index in [1.165, 1.54) is 83.1 Å².